The minimum absolute atomic E-state index is 0.287. The lowest BCUT2D eigenvalue weighted by Gasteiger charge is -2.13. The molecule has 0 radical (unpaired) electrons. The van der Waals surface area contributed by atoms with Crippen LogP contribution in [0.2, 0.25) is 10.2 Å². The number of halogens is 2. The first-order chi connectivity index (χ1) is 15.4. The first-order valence-electron chi connectivity index (χ1n) is 9.18. The lowest BCUT2D eigenvalue weighted by molar-refractivity contribution is 0.102. The zero-order valence-electron chi connectivity index (χ0n) is 16.8. The normalized spacial score (nSPS) is 10.8. The highest BCUT2D eigenvalue weighted by atomic mass is 35.5. The molecule has 4 aromatic rings. The Balaban J connectivity index is 1.59. The minimum Gasteiger partial charge on any atom is -0.494 e. The summed E-state index contributed by atoms with van der Waals surface area (Å²) in [6, 6.07) is 10.8. The van der Waals surface area contributed by atoms with Crippen molar-refractivity contribution in [3.05, 3.63) is 70.2 Å². The van der Waals surface area contributed by atoms with Crippen molar-refractivity contribution in [2.45, 2.75) is 16.2 Å². The number of anilines is 1. The SMILES string of the molecule is COc1cnc(Cl)cc1-c1cc(C)ncc1C(=O)Nc1nnc(Sc2ccc(Cl)cc2)s1. The zero-order chi connectivity index (χ0) is 22.7. The van der Waals surface area contributed by atoms with Crippen LogP contribution in [-0.4, -0.2) is 33.2 Å². The Morgan fingerprint density at radius 2 is 1.84 bits per heavy atom. The highest BCUT2D eigenvalue weighted by Crippen LogP contribution is 2.35. The molecular formula is C21H15Cl2N5O2S2. The van der Waals surface area contributed by atoms with E-state index in [-0.39, 0.29) is 11.1 Å². The molecule has 0 fully saturated rings. The molecule has 1 N–H and O–H groups in total. The molecule has 1 aromatic carbocycles. The van der Waals surface area contributed by atoms with E-state index in [9.17, 15) is 4.79 Å². The molecule has 0 aliphatic rings. The third-order valence-electron chi connectivity index (χ3n) is 4.28. The Hall–Kier alpha value is -2.72. The Morgan fingerprint density at radius 3 is 2.59 bits per heavy atom. The molecule has 0 bridgehead atoms. The summed E-state index contributed by atoms with van der Waals surface area (Å²) in [6.07, 6.45) is 3.03. The van der Waals surface area contributed by atoms with Gasteiger partial charge in [-0.25, -0.2) is 4.98 Å². The van der Waals surface area contributed by atoms with Gasteiger partial charge in [0.05, 0.1) is 18.9 Å². The molecule has 0 unspecified atom stereocenters. The maximum absolute atomic E-state index is 13.1. The minimum atomic E-state index is -0.373. The fourth-order valence-corrected chi connectivity index (χ4v) is 4.83. The van der Waals surface area contributed by atoms with E-state index in [2.05, 4.69) is 25.5 Å². The molecule has 0 aliphatic heterocycles. The van der Waals surface area contributed by atoms with Gasteiger partial charge < -0.3 is 4.74 Å². The van der Waals surface area contributed by atoms with Crippen molar-refractivity contribution in [3.8, 4) is 16.9 Å². The number of nitrogens with zero attached hydrogens (tertiary/aromatic N) is 4. The zero-order valence-corrected chi connectivity index (χ0v) is 19.9. The number of nitrogens with one attached hydrogen (secondary N) is 1. The topological polar surface area (TPSA) is 89.9 Å². The standard InChI is InChI=1S/C21H15Cl2N5O2S2/c1-11-7-14(15-8-18(23)25-10-17(15)30-2)16(9-24-11)19(29)26-20-27-28-21(32-20)31-13-5-3-12(22)4-6-13/h3-10H,1-2H3,(H,26,27,29). The van der Waals surface area contributed by atoms with Crippen molar-refractivity contribution in [1.29, 1.82) is 0 Å². The number of methoxy groups -OCH3 is 1. The van der Waals surface area contributed by atoms with Crippen LogP contribution in [0.3, 0.4) is 0 Å². The molecule has 7 nitrogen and oxygen atoms in total. The van der Waals surface area contributed by atoms with Crippen LogP contribution in [-0.2, 0) is 0 Å². The molecule has 3 aromatic heterocycles. The molecule has 0 aliphatic carbocycles. The van der Waals surface area contributed by atoms with Gasteiger partial charge >= 0.3 is 0 Å². The van der Waals surface area contributed by atoms with Gasteiger partial charge in [-0.3, -0.25) is 15.1 Å². The molecule has 4 rings (SSSR count). The molecule has 1 amide bonds. The van der Waals surface area contributed by atoms with E-state index in [0.717, 1.165) is 10.6 Å². The summed E-state index contributed by atoms with van der Waals surface area (Å²) in [5.41, 5.74) is 2.35. The van der Waals surface area contributed by atoms with Crippen LogP contribution in [0.25, 0.3) is 11.1 Å². The number of benzene rings is 1. The van der Waals surface area contributed by atoms with Gasteiger partial charge in [-0.1, -0.05) is 46.3 Å². The summed E-state index contributed by atoms with van der Waals surface area (Å²) >= 11 is 14.7. The summed E-state index contributed by atoms with van der Waals surface area (Å²) in [6.45, 7) is 1.84. The molecule has 0 atom stereocenters. The number of ether oxygens (including phenoxy) is 1. The third kappa shape index (κ3) is 5.18. The van der Waals surface area contributed by atoms with Crippen LogP contribution in [0.5, 0.6) is 5.75 Å². The number of aromatic nitrogens is 4. The van der Waals surface area contributed by atoms with E-state index in [1.807, 2.05) is 19.1 Å². The summed E-state index contributed by atoms with van der Waals surface area (Å²) in [4.78, 5) is 22.4. The first kappa shape index (κ1) is 22.5. The average Bonchev–Trinajstić information content (AvgIpc) is 3.21. The van der Waals surface area contributed by atoms with Crippen LogP contribution < -0.4 is 10.1 Å². The van der Waals surface area contributed by atoms with Crippen LogP contribution in [0, 0.1) is 6.92 Å². The molecule has 3 heterocycles. The molecule has 0 saturated heterocycles. The second-order valence-electron chi connectivity index (χ2n) is 6.46. The second-order valence-corrected chi connectivity index (χ2v) is 9.58. The van der Waals surface area contributed by atoms with Crippen LogP contribution in [0.4, 0.5) is 5.13 Å². The van der Waals surface area contributed by atoms with Crippen molar-refractivity contribution in [2.24, 2.45) is 0 Å². The van der Waals surface area contributed by atoms with Gasteiger partial charge in [-0.05, 0) is 43.3 Å². The van der Waals surface area contributed by atoms with E-state index in [0.29, 0.717) is 36.9 Å². The van der Waals surface area contributed by atoms with E-state index >= 15 is 0 Å². The second kappa shape index (κ2) is 9.83. The van der Waals surface area contributed by atoms with Gasteiger partial charge in [-0.15, -0.1) is 10.2 Å². The number of hydrogen-bond donors (Lipinski definition) is 1. The van der Waals surface area contributed by atoms with Crippen LogP contribution >= 0.6 is 46.3 Å². The van der Waals surface area contributed by atoms with Gasteiger partial charge in [0.15, 0.2) is 4.34 Å². The average molecular weight is 504 g/mol. The maximum atomic E-state index is 13.1. The monoisotopic (exact) mass is 503 g/mol. The number of rotatable bonds is 6. The number of carbonyl (C=O) groups is 1. The third-order valence-corrected chi connectivity index (χ3v) is 6.63. The van der Waals surface area contributed by atoms with Gasteiger partial charge in [0.1, 0.15) is 10.9 Å². The van der Waals surface area contributed by atoms with Gasteiger partial charge in [0.25, 0.3) is 5.91 Å². The number of carbonyl (C=O) groups excluding carboxylic acids is 1. The maximum Gasteiger partial charge on any atom is 0.259 e. The number of hydrogen-bond acceptors (Lipinski definition) is 8. The largest absolute Gasteiger partial charge is 0.494 e. The predicted octanol–water partition coefficient (Wildman–Crippen LogP) is 6.02. The predicted molar refractivity (Wildman–Crippen MR) is 127 cm³/mol. The lowest BCUT2D eigenvalue weighted by atomic mass is 10.0. The summed E-state index contributed by atoms with van der Waals surface area (Å²) in [5.74, 6) is 0.119. The molecule has 11 heteroatoms. The van der Waals surface area contributed by atoms with E-state index in [1.165, 1.54) is 42.6 Å². The Kier molecular flexibility index (Phi) is 6.90. The van der Waals surface area contributed by atoms with Gasteiger partial charge in [0, 0.05) is 32.9 Å². The first-order valence-corrected chi connectivity index (χ1v) is 11.6. The van der Waals surface area contributed by atoms with Crippen molar-refractivity contribution >= 4 is 57.3 Å². The molecule has 32 heavy (non-hydrogen) atoms. The van der Waals surface area contributed by atoms with Crippen molar-refractivity contribution < 1.29 is 9.53 Å². The van der Waals surface area contributed by atoms with E-state index in [4.69, 9.17) is 27.9 Å². The van der Waals surface area contributed by atoms with Crippen molar-refractivity contribution in [3.63, 3.8) is 0 Å². The molecule has 162 valence electrons. The highest BCUT2D eigenvalue weighted by Gasteiger charge is 2.19. The van der Waals surface area contributed by atoms with Gasteiger partial charge in [0.2, 0.25) is 5.13 Å². The number of amides is 1. The Morgan fingerprint density at radius 1 is 1.06 bits per heavy atom. The fourth-order valence-electron chi connectivity index (χ4n) is 2.82. The summed E-state index contributed by atoms with van der Waals surface area (Å²) in [5, 5.41) is 12.3. The van der Waals surface area contributed by atoms with Crippen LogP contribution in [0.1, 0.15) is 16.1 Å². The molecule has 0 saturated carbocycles. The Labute approximate surface area is 202 Å². The van der Waals surface area contributed by atoms with E-state index < -0.39 is 0 Å². The smallest absolute Gasteiger partial charge is 0.259 e. The molecule has 0 spiro atoms. The highest BCUT2D eigenvalue weighted by molar-refractivity contribution is 8.01. The molecular weight excluding hydrogens is 489 g/mol. The van der Waals surface area contributed by atoms with Crippen LogP contribution in [0.15, 0.2) is 58.0 Å². The quantitative estimate of drug-likeness (QED) is 0.254. The summed E-state index contributed by atoms with van der Waals surface area (Å²) < 4.78 is 6.10. The fraction of sp³-hybridized carbons (Fsp3) is 0.0952. The number of pyridine rings is 2. The van der Waals surface area contributed by atoms with Gasteiger partial charge in [-0.2, -0.15) is 0 Å². The Bertz CT molecular complexity index is 1280. The lowest BCUT2D eigenvalue weighted by Crippen LogP contribution is -2.14. The van der Waals surface area contributed by atoms with E-state index in [1.54, 1.807) is 24.3 Å². The summed E-state index contributed by atoms with van der Waals surface area (Å²) in [7, 11) is 1.53. The number of aryl methyl sites for hydroxylation is 1. The van der Waals surface area contributed by atoms with Crippen molar-refractivity contribution in [2.75, 3.05) is 12.4 Å². The van der Waals surface area contributed by atoms with Crippen molar-refractivity contribution in [1.82, 2.24) is 20.2 Å².